The molecular formula is C15H13N3O. The predicted octanol–water partition coefficient (Wildman–Crippen LogP) is 3.00. The number of benzene rings is 2. The number of nitrogen functional groups attached to an aromatic ring is 1. The Labute approximate surface area is 110 Å². The van der Waals surface area contributed by atoms with Gasteiger partial charge in [0, 0.05) is 22.3 Å². The number of aromatic nitrogens is 1. The molecule has 0 atom stereocenters. The molecule has 3 aromatic rings. The van der Waals surface area contributed by atoms with Crippen molar-refractivity contribution >= 4 is 28.2 Å². The second-order valence-corrected chi connectivity index (χ2v) is 4.35. The molecule has 0 aliphatic heterocycles. The van der Waals surface area contributed by atoms with Crippen molar-refractivity contribution in [3.8, 4) is 0 Å². The summed E-state index contributed by atoms with van der Waals surface area (Å²) in [4.78, 5) is 15.2. The molecule has 0 bridgehead atoms. The number of hydrogen-bond donors (Lipinski definition) is 3. The van der Waals surface area contributed by atoms with Crippen LogP contribution in [0.2, 0.25) is 0 Å². The van der Waals surface area contributed by atoms with Crippen molar-refractivity contribution in [1.82, 2.24) is 4.98 Å². The van der Waals surface area contributed by atoms with Crippen LogP contribution in [-0.4, -0.2) is 10.9 Å². The highest BCUT2D eigenvalue weighted by molar-refractivity contribution is 6.06. The second kappa shape index (κ2) is 4.49. The first-order valence-electron chi connectivity index (χ1n) is 5.97. The maximum absolute atomic E-state index is 12.1. The summed E-state index contributed by atoms with van der Waals surface area (Å²) < 4.78 is 0. The molecule has 0 radical (unpaired) electrons. The average molecular weight is 251 g/mol. The highest BCUT2D eigenvalue weighted by Gasteiger charge is 2.09. The number of amides is 1. The lowest BCUT2D eigenvalue weighted by atomic mass is 10.2. The third-order valence-corrected chi connectivity index (χ3v) is 2.92. The van der Waals surface area contributed by atoms with E-state index in [-0.39, 0.29) is 5.91 Å². The summed E-state index contributed by atoms with van der Waals surface area (Å²) in [6, 6.07) is 16.7. The van der Waals surface area contributed by atoms with Crippen LogP contribution in [-0.2, 0) is 0 Å². The van der Waals surface area contributed by atoms with E-state index in [1.165, 1.54) is 0 Å². The predicted molar refractivity (Wildman–Crippen MR) is 77.1 cm³/mol. The van der Waals surface area contributed by atoms with Crippen molar-refractivity contribution in [2.24, 2.45) is 0 Å². The zero-order chi connectivity index (χ0) is 13.2. The van der Waals surface area contributed by atoms with Gasteiger partial charge >= 0.3 is 0 Å². The van der Waals surface area contributed by atoms with Gasteiger partial charge in [0.15, 0.2) is 0 Å². The van der Waals surface area contributed by atoms with Gasteiger partial charge < -0.3 is 16.0 Å². The minimum absolute atomic E-state index is 0.179. The van der Waals surface area contributed by atoms with E-state index in [4.69, 9.17) is 5.73 Å². The zero-order valence-electron chi connectivity index (χ0n) is 10.2. The normalized spacial score (nSPS) is 10.5. The Morgan fingerprint density at radius 2 is 1.89 bits per heavy atom. The second-order valence-electron chi connectivity index (χ2n) is 4.35. The molecule has 0 unspecified atom stereocenters. The van der Waals surface area contributed by atoms with Crippen LogP contribution in [0.15, 0.2) is 54.6 Å². The van der Waals surface area contributed by atoms with Gasteiger partial charge in [-0.1, -0.05) is 24.3 Å². The van der Waals surface area contributed by atoms with Gasteiger partial charge in [-0.2, -0.15) is 0 Å². The fourth-order valence-electron chi connectivity index (χ4n) is 2.01. The standard InChI is InChI=1S/C15H13N3O/c16-11-5-3-6-12(9-11)17-15(19)14-8-10-4-1-2-7-13(10)18-14/h1-9,18H,16H2,(H,17,19). The quantitative estimate of drug-likeness (QED) is 0.613. The Morgan fingerprint density at radius 3 is 2.68 bits per heavy atom. The Kier molecular flexibility index (Phi) is 2.68. The summed E-state index contributed by atoms with van der Waals surface area (Å²) >= 11 is 0. The van der Waals surface area contributed by atoms with E-state index in [2.05, 4.69) is 10.3 Å². The minimum atomic E-state index is -0.179. The lowest BCUT2D eigenvalue weighted by Gasteiger charge is -2.04. The highest BCUT2D eigenvalue weighted by atomic mass is 16.1. The van der Waals surface area contributed by atoms with Gasteiger partial charge in [-0.25, -0.2) is 0 Å². The third kappa shape index (κ3) is 2.28. The molecule has 1 heterocycles. The van der Waals surface area contributed by atoms with Gasteiger partial charge in [0.25, 0.3) is 5.91 Å². The van der Waals surface area contributed by atoms with Crippen molar-refractivity contribution in [3.63, 3.8) is 0 Å². The molecule has 0 aliphatic rings. The van der Waals surface area contributed by atoms with E-state index in [1.807, 2.05) is 30.3 Å². The Balaban J connectivity index is 1.87. The lowest BCUT2D eigenvalue weighted by molar-refractivity contribution is 0.102. The number of aromatic amines is 1. The van der Waals surface area contributed by atoms with Crippen LogP contribution in [0.5, 0.6) is 0 Å². The van der Waals surface area contributed by atoms with E-state index < -0.39 is 0 Å². The van der Waals surface area contributed by atoms with Crippen LogP contribution in [0.4, 0.5) is 11.4 Å². The minimum Gasteiger partial charge on any atom is -0.399 e. The van der Waals surface area contributed by atoms with Gasteiger partial charge in [-0.3, -0.25) is 4.79 Å². The van der Waals surface area contributed by atoms with Crippen molar-refractivity contribution in [2.75, 3.05) is 11.1 Å². The summed E-state index contributed by atoms with van der Waals surface area (Å²) in [6.07, 6.45) is 0. The molecule has 0 saturated carbocycles. The number of fused-ring (bicyclic) bond motifs is 1. The summed E-state index contributed by atoms with van der Waals surface area (Å²) in [6.45, 7) is 0. The SMILES string of the molecule is Nc1cccc(NC(=O)c2cc3ccccc3[nH]2)c1. The molecule has 1 amide bonds. The first-order chi connectivity index (χ1) is 9.22. The topological polar surface area (TPSA) is 70.9 Å². The monoisotopic (exact) mass is 251 g/mol. The molecule has 3 rings (SSSR count). The van der Waals surface area contributed by atoms with Crippen molar-refractivity contribution in [1.29, 1.82) is 0 Å². The maximum Gasteiger partial charge on any atom is 0.272 e. The van der Waals surface area contributed by atoms with E-state index in [1.54, 1.807) is 24.3 Å². The fourth-order valence-corrected chi connectivity index (χ4v) is 2.01. The van der Waals surface area contributed by atoms with Crippen LogP contribution < -0.4 is 11.1 Å². The molecule has 0 spiro atoms. The summed E-state index contributed by atoms with van der Waals surface area (Å²) in [5, 5.41) is 3.82. The number of para-hydroxylation sites is 1. The molecule has 0 aliphatic carbocycles. The van der Waals surface area contributed by atoms with Crippen molar-refractivity contribution in [3.05, 3.63) is 60.3 Å². The van der Waals surface area contributed by atoms with E-state index >= 15 is 0 Å². The summed E-state index contributed by atoms with van der Waals surface area (Å²) in [5.74, 6) is -0.179. The largest absolute Gasteiger partial charge is 0.399 e. The smallest absolute Gasteiger partial charge is 0.272 e. The number of hydrogen-bond acceptors (Lipinski definition) is 2. The molecule has 0 fully saturated rings. The number of carbonyl (C=O) groups excluding carboxylic acids is 1. The highest BCUT2D eigenvalue weighted by Crippen LogP contribution is 2.17. The van der Waals surface area contributed by atoms with Crippen LogP contribution in [0.25, 0.3) is 10.9 Å². The van der Waals surface area contributed by atoms with Gasteiger partial charge in [0.05, 0.1) is 0 Å². The number of nitrogens with one attached hydrogen (secondary N) is 2. The van der Waals surface area contributed by atoms with Crippen molar-refractivity contribution in [2.45, 2.75) is 0 Å². The van der Waals surface area contributed by atoms with E-state index in [0.29, 0.717) is 17.1 Å². The van der Waals surface area contributed by atoms with Crippen LogP contribution in [0.3, 0.4) is 0 Å². The zero-order valence-corrected chi connectivity index (χ0v) is 10.2. The molecule has 19 heavy (non-hydrogen) atoms. The Hall–Kier alpha value is -2.75. The Morgan fingerprint density at radius 1 is 1.05 bits per heavy atom. The fraction of sp³-hybridized carbons (Fsp3) is 0. The molecule has 94 valence electrons. The number of H-pyrrole nitrogens is 1. The maximum atomic E-state index is 12.1. The van der Waals surface area contributed by atoms with E-state index in [9.17, 15) is 4.79 Å². The third-order valence-electron chi connectivity index (χ3n) is 2.92. The molecule has 4 nitrogen and oxygen atoms in total. The number of carbonyl (C=O) groups is 1. The van der Waals surface area contributed by atoms with E-state index in [0.717, 1.165) is 10.9 Å². The summed E-state index contributed by atoms with van der Waals surface area (Å²) in [7, 11) is 0. The molecule has 2 aromatic carbocycles. The molecule has 0 saturated heterocycles. The number of rotatable bonds is 2. The first-order valence-corrected chi connectivity index (χ1v) is 5.97. The summed E-state index contributed by atoms with van der Waals surface area (Å²) in [5.41, 5.74) is 8.45. The van der Waals surface area contributed by atoms with Gasteiger partial charge in [-0.15, -0.1) is 0 Å². The molecule has 4 N–H and O–H groups in total. The number of anilines is 2. The molecule has 1 aromatic heterocycles. The van der Waals surface area contributed by atoms with Gasteiger partial charge in [0.2, 0.25) is 0 Å². The van der Waals surface area contributed by atoms with Crippen LogP contribution in [0.1, 0.15) is 10.5 Å². The van der Waals surface area contributed by atoms with Gasteiger partial charge in [0.1, 0.15) is 5.69 Å². The van der Waals surface area contributed by atoms with Crippen LogP contribution >= 0.6 is 0 Å². The van der Waals surface area contributed by atoms with Gasteiger partial charge in [-0.05, 0) is 30.3 Å². The van der Waals surface area contributed by atoms with Crippen molar-refractivity contribution < 1.29 is 4.79 Å². The van der Waals surface area contributed by atoms with Crippen LogP contribution in [0, 0.1) is 0 Å². The number of nitrogens with two attached hydrogens (primary N) is 1. The Bertz CT molecular complexity index is 713. The molecule has 4 heteroatoms. The average Bonchev–Trinajstić information content (AvgIpc) is 2.82. The molecular weight excluding hydrogens is 238 g/mol. The lowest BCUT2D eigenvalue weighted by Crippen LogP contribution is -2.12. The first kappa shape index (κ1) is 11.3.